The number of likely N-dealkylation sites (N-methyl/N-ethyl adjacent to an activating group) is 1. The summed E-state index contributed by atoms with van der Waals surface area (Å²) in [4.78, 5) is 9.39. The van der Waals surface area contributed by atoms with E-state index in [1.165, 1.54) is 37.1 Å². The van der Waals surface area contributed by atoms with Crippen molar-refractivity contribution < 1.29 is 4.74 Å². The van der Waals surface area contributed by atoms with Crippen LogP contribution < -0.4 is 10.6 Å². The van der Waals surface area contributed by atoms with E-state index in [4.69, 9.17) is 4.74 Å². The predicted octanol–water partition coefficient (Wildman–Crippen LogP) is 2.88. The Labute approximate surface area is 199 Å². The van der Waals surface area contributed by atoms with Crippen LogP contribution in [0.5, 0.6) is 0 Å². The molecule has 2 atom stereocenters. The van der Waals surface area contributed by atoms with Crippen LogP contribution in [-0.2, 0) is 4.74 Å². The van der Waals surface area contributed by atoms with E-state index in [1.54, 1.807) is 0 Å². The predicted molar refractivity (Wildman–Crippen MR) is 136 cm³/mol. The van der Waals surface area contributed by atoms with E-state index in [9.17, 15) is 0 Å². The molecule has 0 spiro atoms. The van der Waals surface area contributed by atoms with Crippen molar-refractivity contribution in [2.24, 2.45) is 10.9 Å². The molecule has 7 heteroatoms. The van der Waals surface area contributed by atoms with Gasteiger partial charge in [-0.15, -0.1) is 24.0 Å². The topological polar surface area (TPSA) is 52.1 Å². The lowest BCUT2D eigenvalue weighted by atomic mass is 9.89. The number of benzene rings is 1. The van der Waals surface area contributed by atoms with Crippen molar-refractivity contribution in [2.45, 2.75) is 32.3 Å². The van der Waals surface area contributed by atoms with Gasteiger partial charge in [-0.1, -0.05) is 29.8 Å². The maximum absolute atomic E-state index is 6.15. The molecule has 1 aromatic rings. The number of hydrogen-bond donors (Lipinski definition) is 2. The molecule has 0 saturated carbocycles. The van der Waals surface area contributed by atoms with Crippen molar-refractivity contribution in [3.8, 4) is 0 Å². The highest BCUT2D eigenvalue weighted by Gasteiger charge is 2.27. The molecule has 0 aromatic heterocycles. The Balaban J connectivity index is 0.00000320. The fraction of sp³-hybridized carbons (Fsp3) is 0.696. The van der Waals surface area contributed by atoms with Crippen LogP contribution in [-0.4, -0.2) is 82.3 Å². The lowest BCUT2D eigenvalue weighted by molar-refractivity contribution is -0.0265. The molecule has 1 aromatic carbocycles. The van der Waals surface area contributed by atoms with E-state index in [1.807, 2.05) is 7.05 Å². The van der Waals surface area contributed by atoms with E-state index >= 15 is 0 Å². The quantitative estimate of drug-likeness (QED) is 0.337. The van der Waals surface area contributed by atoms with Crippen molar-refractivity contribution in [1.82, 2.24) is 20.4 Å². The average molecular weight is 530 g/mol. The largest absolute Gasteiger partial charge is 0.373 e. The molecule has 2 heterocycles. The van der Waals surface area contributed by atoms with Crippen LogP contribution in [0.2, 0.25) is 0 Å². The third-order valence-corrected chi connectivity index (χ3v) is 6.14. The minimum atomic E-state index is 0. The molecule has 30 heavy (non-hydrogen) atoms. The Morgan fingerprint density at radius 2 is 1.90 bits per heavy atom. The Kier molecular flexibility index (Phi) is 11.4. The van der Waals surface area contributed by atoms with Gasteiger partial charge in [-0.05, 0) is 51.9 Å². The Hall–Kier alpha value is -0.900. The number of ether oxygens (including phenoxy) is 1. The number of rotatable bonds is 6. The van der Waals surface area contributed by atoms with E-state index in [0.717, 1.165) is 51.7 Å². The molecule has 2 saturated heterocycles. The van der Waals surface area contributed by atoms with E-state index < -0.39 is 0 Å². The molecule has 170 valence electrons. The van der Waals surface area contributed by atoms with Crippen LogP contribution in [0, 0.1) is 12.8 Å². The third-order valence-electron chi connectivity index (χ3n) is 6.14. The van der Waals surface area contributed by atoms with Gasteiger partial charge >= 0.3 is 0 Å². The van der Waals surface area contributed by atoms with E-state index in [0.29, 0.717) is 5.92 Å². The van der Waals surface area contributed by atoms with Crippen LogP contribution in [0.1, 0.15) is 36.5 Å². The normalized spacial score (nSPS) is 24.0. The number of guanidine groups is 1. The van der Waals surface area contributed by atoms with Crippen molar-refractivity contribution in [2.75, 3.05) is 66.5 Å². The highest BCUT2D eigenvalue weighted by atomic mass is 127. The summed E-state index contributed by atoms with van der Waals surface area (Å²) < 4.78 is 6.15. The molecule has 0 bridgehead atoms. The van der Waals surface area contributed by atoms with Gasteiger partial charge in [-0.3, -0.25) is 4.99 Å². The average Bonchev–Trinajstić information content (AvgIpc) is 2.95. The van der Waals surface area contributed by atoms with Gasteiger partial charge in [0.2, 0.25) is 0 Å². The summed E-state index contributed by atoms with van der Waals surface area (Å²) in [5, 5.41) is 7.03. The molecule has 2 aliphatic rings. The van der Waals surface area contributed by atoms with Crippen molar-refractivity contribution >= 4 is 29.9 Å². The number of halogens is 1. The summed E-state index contributed by atoms with van der Waals surface area (Å²) in [5.41, 5.74) is 2.58. The molecule has 3 rings (SSSR count). The first kappa shape index (κ1) is 25.4. The summed E-state index contributed by atoms with van der Waals surface area (Å²) in [5.74, 6) is 1.36. The van der Waals surface area contributed by atoms with Crippen molar-refractivity contribution in [1.29, 1.82) is 0 Å². The van der Waals surface area contributed by atoms with Crippen LogP contribution >= 0.6 is 24.0 Å². The molecule has 2 aliphatic heterocycles. The second-order valence-electron chi connectivity index (χ2n) is 8.48. The molecular formula is C23H40IN5O. The van der Waals surface area contributed by atoms with E-state index in [-0.39, 0.29) is 30.1 Å². The van der Waals surface area contributed by atoms with Crippen LogP contribution in [0.3, 0.4) is 0 Å². The van der Waals surface area contributed by atoms with Gasteiger partial charge in [-0.2, -0.15) is 0 Å². The molecule has 0 amide bonds. The Bertz CT molecular complexity index is 639. The SMILES string of the molecule is CN=C(NCCN1CCCN(C)CC1)NCC1CCCOC1c1ccc(C)cc1.I. The smallest absolute Gasteiger partial charge is 0.191 e. The lowest BCUT2D eigenvalue weighted by Crippen LogP contribution is -2.44. The summed E-state index contributed by atoms with van der Waals surface area (Å²) in [6.07, 6.45) is 3.74. The molecule has 2 unspecified atom stereocenters. The maximum atomic E-state index is 6.15. The highest BCUT2D eigenvalue weighted by Crippen LogP contribution is 2.33. The number of hydrogen-bond acceptors (Lipinski definition) is 4. The van der Waals surface area contributed by atoms with Crippen molar-refractivity contribution in [3.05, 3.63) is 35.4 Å². The highest BCUT2D eigenvalue weighted by molar-refractivity contribution is 14.0. The van der Waals surface area contributed by atoms with Gasteiger partial charge in [0.15, 0.2) is 5.96 Å². The van der Waals surface area contributed by atoms with Crippen molar-refractivity contribution in [3.63, 3.8) is 0 Å². The molecule has 0 radical (unpaired) electrons. The Morgan fingerprint density at radius 3 is 2.67 bits per heavy atom. The maximum Gasteiger partial charge on any atom is 0.191 e. The molecule has 2 N–H and O–H groups in total. The number of aryl methyl sites for hydroxylation is 1. The monoisotopic (exact) mass is 529 g/mol. The molecule has 0 aliphatic carbocycles. The summed E-state index contributed by atoms with van der Waals surface area (Å²) >= 11 is 0. The first-order chi connectivity index (χ1) is 14.2. The zero-order chi connectivity index (χ0) is 20.5. The van der Waals surface area contributed by atoms with Crippen LogP contribution in [0.4, 0.5) is 0 Å². The summed E-state index contributed by atoms with van der Waals surface area (Å²) in [7, 11) is 4.07. The first-order valence-corrected chi connectivity index (χ1v) is 11.2. The molecular weight excluding hydrogens is 489 g/mol. The zero-order valence-electron chi connectivity index (χ0n) is 18.9. The summed E-state index contributed by atoms with van der Waals surface area (Å²) in [6.45, 7) is 10.6. The second kappa shape index (κ2) is 13.5. The lowest BCUT2D eigenvalue weighted by Gasteiger charge is -2.32. The second-order valence-corrected chi connectivity index (χ2v) is 8.48. The minimum Gasteiger partial charge on any atom is -0.373 e. The molecule has 2 fully saturated rings. The van der Waals surface area contributed by atoms with Crippen LogP contribution in [0.25, 0.3) is 0 Å². The standard InChI is InChI=1S/C23H39N5O.HI/c1-19-7-9-20(10-8-19)22-21(6-4-17-29-22)18-26-23(24-2)25-11-14-28-13-5-12-27(3)15-16-28;/h7-10,21-22H,4-6,11-18H2,1-3H3,(H2,24,25,26);1H. The number of aliphatic imine (C=N–C) groups is 1. The van der Waals surface area contributed by atoms with Gasteiger partial charge < -0.3 is 25.2 Å². The van der Waals surface area contributed by atoms with Gasteiger partial charge in [0, 0.05) is 52.3 Å². The van der Waals surface area contributed by atoms with E-state index in [2.05, 4.69) is 63.7 Å². The molecule has 6 nitrogen and oxygen atoms in total. The van der Waals surface area contributed by atoms with Gasteiger partial charge in [0.25, 0.3) is 0 Å². The summed E-state index contributed by atoms with van der Waals surface area (Å²) in [6, 6.07) is 8.78. The zero-order valence-corrected chi connectivity index (χ0v) is 21.2. The first-order valence-electron chi connectivity index (χ1n) is 11.2. The van der Waals surface area contributed by atoms with Crippen LogP contribution in [0.15, 0.2) is 29.3 Å². The third kappa shape index (κ3) is 7.98. The number of nitrogens with zero attached hydrogens (tertiary/aromatic N) is 3. The number of nitrogens with one attached hydrogen (secondary N) is 2. The fourth-order valence-electron chi connectivity index (χ4n) is 4.28. The fourth-order valence-corrected chi connectivity index (χ4v) is 4.28. The minimum absolute atomic E-state index is 0. The van der Waals surface area contributed by atoms with Gasteiger partial charge in [0.05, 0.1) is 6.10 Å². The Morgan fingerprint density at radius 1 is 1.10 bits per heavy atom. The van der Waals surface area contributed by atoms with Gasteiger partial charge in [-0.25, -0.2) is 0 Å². The van der Waals surface area contributed by atoms with Gasteiger partial charge in [0.1, 0.15) is 0 Å².